The summed E-state index contributed by atoms with van der Waals surface area (Å²) in [4.78, 5) is 38.5. The van der Waals surface area contributed by atoms with E-state index in [1.54, 1.807) is 0 Å². The highest BCUT2D eigenvalue weighted by Crippen LogP contribution is 2.41. The summed E-state index contributed by atoms with van der Waals surface area (Å²) < 4.78 is 101. The molecule has 2 unspecified atom stereocenters. The standard InChI is InChI=1S/C20H19F6NO10/c1-9-6-13(36-20(24,25)26)7-12-8-14(16(19(21,22)23)35-15(9)12)17(28)33-11(3)34-18(29)32-5-4-10(2)37-27(30)31/h6-8,10-11,16H,4-5H2,1-3H3/t10?,11?,16-/m0/s1. The van der Waals surface area contributed by atoms with Crippen molar-refractivity contribution >= 4 is 18.2 Å². The quantitative estimate of drug-likeness (QED) is 0.142. The first-order valence-corrected chi connectivity index (χ1v) is 10.2. The van der Waals surface area contributed by atoms with Crippen molar-refractivity contribution in [1.29, 1.82) is 0 Å². The van der Waals surface area contributed by atoms with Crippen molar-refractivity contribution in [3.8, 4) is 11.5 Å². The molecule has 1 aromatic carbocycles. The number of carbonyl (C=O) groups excluding carboxylic acids is 2. The monoisotopic (exact) mass is 547 g/mol. The fraction of sp³-hybridized carbons (Fsp3) is 0.500. The summed E-state index contributed by atoms with van der Waals surface area (Å²) in [7, 11) is 0. The zero-order chi connectivity index (χ0) is 28.1. The van der Waals surface area contributed by atoms with Gasteiger partial charge in [-0.3, -0.25) is 0 Å². The highest BCUT2D eigenvalue weighted by Gasteiger charge is 2.49. The van der Waals surface area contributed by atoms with Gasteiger partial charge in [0.05, 0.1) is 12.2 Å². The molecule has 206 valence electrons. The molecule has 0 bridgehead atoms. The van der Waals surface area contributed by atoms with E-state index in [-0.39, 0.29) is 17.5 Å². The van der Waals surface area contributed by atoms with Crippen LogP contribution in [-0.4, -0.2) is 54.9 Å². The molecule has 0 amide bonds. The molecule has 1 aromatic rings. The highest BCUT2D eigenvalue weighted by molar-refractivity contribution is 5.96. The molecule has 0 aliphatic carbocycles. The van der Waals surface area contributed by atoms with Crippen LogP contribution in [0.5, 0.6) is 11.5 Å². The Morgan fingerprint density at radius 1 is 1.14 bits per heavy atom. The zero-order valence-electron chi connectivity index (χ0n) is 19.2. The Morgan fingerprint density at radius 3 is 2.35 bits per heavy atom. The van der Waals surface area contributed by atoms with E-state index in [2.05, 4.69) is 23.8 Å². The van der Waals surface area contributed by atoms with Gasteiger partial charge in [-0.2, -0.15) is 13.2 Å². The third kappa shape index (κ3) is 8.91. The fourth-order valence-corrected chi connectivity index (χ4v) is 2.98. The number of aryl methyl sites for hydroxylation is 1. The van der Waals surface area contributed by atoms with E-state index in [0.29, 0.717) is 6.08 Å². The van der Waals surface area contributed by atoms with Crippen molar-refractivity contribution in [2.75, 3.05) is 6.61 Å². The number of alkyl halides is 6. The summed E-state index contributed by atoms with van der Waals surface area (Å²) in [5.74, 6) is -2.85. The molecule has 11 nitrogen and oxygen atoms in total. The van der Waals surface area contributed by atoms with Gasteiger partial charge in [-0.05, 0) is 37.6 Å². The van der Waals surface area contributed by atoms with Gasteiger partial charge in [0.15, 0.2) is 0 Å². The SMILES string of the molecule is Cc1cc(OC(F)(F)F)cc2c1O[C@H](C(F)(F)F)C(C(=O)OC(C)OC(=O)OCCC(C)O[N+](=O)[O-])=C2. The lowest BCUT2D eigenvalue weighted by Gasteiger charge is -2.29. The molecule has 37 heavy (non-hydrogen) atoms. The summed E-state index contributed by atoms with van der Waals surface area (Å²) in [6.45, 7) is 3.06. The third-order valence-corrected chi connectivity index (χ3v) is 4.42. The molecule has 1 heterocycles. The van der Waals surface area contributed by atoms with Gasteiger partial charge in [0.25, 0.3) is 5.09 Å². The minimum atomic E-state index is -5.14. The summed E-state index contributed by atoms with van der Waals surface area (Å²) in [6.07, 6.45) is -16.7. The Bertz CT molecular complexity index is 1060. The predicted octanol–water partition coefficient (Wildman–Crippen LogP) is 4.63. The van der Waals surface area contributed by atoms with Crippen molar-refractivity contribution in [3.05, 3.63) is 38.9 Å². The molecule has 17 heteroatoms. The van der Waals surface area contributed by atoms with E-state index in [9.17, 15) is 46.0 Å². The number of rotatable bonds is 9. The van der Waals surface area contributed by atoms with Crippen LogP contribution < -0.4 is 9.47 Å². The van der Waals surface area contributed by atoms with Gasteiger partial charge in [-0.15, -0.1) is 23.3 Å². The molecule has 0 saturated carbocycles. The van der Waals surface area contributed by atoms with Crippen molar-refractivity contribution < 1.29 is 69.5 Å². The van der Waals surface area contributed by atoms with Gasteiger partial charge in [0.2, 0.25) is 12.4 Å². The van der Waals surface area contributed by atoms with Crippen LogP contribution in [0.15, 0.2) is 17.7 Å². The summed E-state index contributed by atoms with van der Waals surface area (Å²) >= 11 is 0. The van der Waals surface area contributed by atoms with Gasteiger partial charge in [0, 0.05) is 18.9 Å². The normalized spacial score (nSPS) is 16.8. The third-order valence-electron chi connectivity index (χ3n) is 4.42. The lowest BCUT2D eigenvalue weighted by molar-refractivity contribution is -0.767. The number of benzene rings is 1. The van der Waals surface area contributed by atoms with Crippen LogP contribution in [0.1, 0.15) is 31.4 Å². The van der Waals surface area contributed by atoms with Crippen LogP contribution >= 0.6 is 0 Å². The molecule has 0 saturated heterocycles. The molecule has 0 spiro atoms. The number of halogens is 6. The molecular formula is C20H19F6NO10. The van der Waals surface area contributed by atoms with Crippen molar-refractivity contribution in [2.24, 2.45) is 0 Å². The Balaban J connectivity index is 2.14. The summed E-state index contributed by atoms with van der Waals surface area (Å²) in [6, 6.07) is 1.53. The van der Waals surface area contributed by atoms with E-state index < -0.39 is 71.9 Å². The van der Waals surface area contributed by atoms with E-state index in [4.69, 9.17) is 4.74 Å². The minimum Gasteiger partial charge on any atom is -0.475 e. The zero-order valence-corrected chi connectivity index (χ0v) is 19.2. The topological polar surface area (TPSA) is 133 Å². The second kappa shape index (κ2) is 11.4. The number of fused-ring (bicyclic) bond motifs is 1. The van der Waals surface area contributed by atoms with E-state index in [1.807, 2.05) is 0 Å². The van der Waals surface area contributed by atoms with Crippen LogP contribution in [-0.2, 0) is 23.8 Å². The average Bonchev–Trinajstić information content (AvgIpc) is 2.70. The molecule has 0 aromatic heterocycles. The second-order valence-corrected chi connectivity index (χ2v) is 7.46. The Labute approximate surface area is 203 Å². The maximum absolute atomic E-state index is 13.6. The van der Waals surface area contributed by atoms with Gasteiger partial charge >= 0.3 is 24.7 Å². The number of esters is 1. The number of hydrogen-bond donors (Lipinski definition) is 0. The number of hydrogen-bond acceptors (Lipinski definition) is 10. The maximum atomic E-state index is 13.6. The minimum absolute atomic E-state index is 0.111. The van der Waals surface area contributed by atoms with Crippen LogP contribution in [0.25, 0.3) is 6.08 Å². The van der Waals surface area contributed by atoms with Gasteiger partial charge < -0.3 is 28.5 Å². The molecule has 3 atom stereocenters. The maximum Gasteiger partial charge on any atom is 0.573 e. The second-order valence-electron chi connectivity index (χ2n) is 7.46. The number of nitrogens with zero attached hydrogens (tertiary/aromatic N) is 1. The van der Waals surface area contributed by atoms with Crippen LogP contribution in [0.3, 0.4) is 0 Å². The lowest BCUT2D eigenvalue weighted by Crippen LogP contribution is -2.41. The first-order chi connectivity index (χ1) is 17.0. The summed E-state index contributed by atoms with van der Waals surface area (Å²) in [5, 5.41) is 9.14. The van der Waals surface area contributed by atoms with Crippen LogP contribution in [0.2, 0.25) is 0 Å². The van der Waals surface area contributed by atoms with E-state index in [0.717, 1.165) is 19.1 Å². The largest absolute Gasteiger partial charge is 0.573 e. The molecule has 0 N–H and O–H groups in total. The predicted molar refractivity (Wildman–Crippen MR) is 106 cm³/mol. The average molecular weight is 547 g/mol. The highest BCUT2D eigenvalue weighted by atomic mass is 19.4. The van der Waals surface area contributed by atoms with Gasteiger partial charge in [0.1, 0.15) is 17.6 Å². The van der Waals surface area contributed by atoms with Crippen molar-refractivity contribution in [3.63, 3.8) is 0 Å². The van der Waals surface area contributed by atoms with Crippen LogP contribution in [0.4, 0.5) is 31.1 Å². The molecular weight excluding hydrogens is 528 g/mol. The fourth-order valence-electron chi connectivity index (χ4n) is 2.98. The summed E-state index contributed by atoms with van der Waals surface area (Å²) in [5.41, 5.74) is -1.60. The Hall–Kier alpha value is -3.92. The molecule has 1 aliphatic rings. The van der Waals surface area contributed by atoms with E-state index >= 15 is 0 Å². The number of ether oxygens (including phenoxy) is 5. The molecule has 0 radical (unpaired) electrons. The molecule has 2 rings (SSSR count). The number of carbonyl (C=O) groups is 2. The first-order valence-electron chi connectivity index (χ1n) is 10.2. The first kappa shape index (κ1) is 29.3. The Kier molecular flexibility index (Phi) is 9.05. The Morgan fingerprint density at radius 2 is 1.78 bits per heavy atom. The van der Waals surface area contributed by atoms with Crippen molar-refractivity contribution in [1.82, 2.24) is 0 Å². The van der Waals surface area contributed by atoms with Gasteiger partial charge in [-0.25, -0.2) is 9.59 Å². The molecule has 0 fully saturated rings. The lowest BCUT2D eigenvalue weighted by atomic mass is 9.99. The van der Waals surface area contributed by atoms with E-state index in [1.165, 1.54) is 13.8 Å². The smallest absolute Gasteiger partial charge is 0.475 e. The van der Waals surface area contributed by atoms with Gasteiger partial charge in [-0.1, -0.05) is 0 Å². The van der Waals surface area contributed by atoms with Crippen molar-refractivity contribution in [2.45, 2.75) is 58.2 Å². The van der Waals surface area contributed by atoms with Crippen LogP contribution in [0, 0.1) is 17.0 Å². The molecule has 1 aliphatic heterocycles.